The van der Waals surface area contributed by atoms with Crippen LogP contribution in [0.5, 0.6) is 0 Å². The van der Waals surface area contributed by atoms with Crippen molar-refractivity contribution in [2.45, 2.75) is 13.5 Å². The van der Waals surface area contributed by atoms with E-state index in [0.29, 0.717) is 28.9 Å². The van der Waals surface area contributed by atoms with E-state index in [-0.39, 0.29) is 5.91 Å². The fraction of sp³-hybridized carbons (Fsp3) is 0.150. The van der Waals surface area contributed by atoms with Crippen molar-refractivity contribution in [3.8, 4) is 0 Å². The molecule has 0 spiro atoms. The van der Waals surface area contributed by atoms with Crippen LogP contribution in [-0.4, -0.2) is 22.4 Å². The van der Waals surface area contributed by atoms with E-state index < -0.39 is 0 Å². The summed E-state index contributed by atoms with van der Waals surface area (Å²) in [6, 6.07) is 18.6. The molecule has 3 rings (SSSR count). The predicted octanol–water partition coefficient (Wildman–Crippen LogP) is 4.41. The first kappa shape index (κ1) is 17.9. The molecule has 0 aliphatic heterocycles. The summed E-state index contributed by atoms with van der Waals surface area (Å²) in [5.74, 6) is 0.242. The van der Waals surface area contributed by atoms with E-state index in [4.69, 9.17) is 11.6 Å². The zero-order valence-corrected chi connectivity index (χ0v) is 15.1. The van der Waals surface area contributed by atoms with Gasteiger partial charge in [0.1, 0.15) is 5.69 Å². The number of nitrogens with one attached hydrogen (secondary N) is 1. The second kappa shape index (κ2) is 8.45. The predicted molar refractivity (Wildman–Crippen MR) is 105 cm³/mol. The van der Waals surface area contributed by atoms with Gasteiger partial charge >= 0.3 is 0 Å². The summed E-state index contributed by atoms with van der Waals surface area (Å²) in [5, 5.41) is 3.43. The van der Waals surface area contributed by atoms with Gasteiger partial charge in [-0.3, -0.25) is 4.79 Å². The Labute approximate surface area is 157 Å². The maximum Gasteiger partial charge on any atom is 0.274 e. The Morgan fingerprint density at radius 2 is 1.81 bits per heavy atom. The first-order chi connectivity index (χ1) is 12.7. The number of aromatic nitrogens is 2. The molecular formula is C20H19ClN4O. The number of carbonyl (C=O) groups is 1. The molecule has 5 nitrogen and oxygen atoms in total. The highest BCUT2D eigenvalue weighted by atomic mass is 35.5. The van der Waals surface area contributed by atoms with Crippen LogP contribution in [0.25, 0.3) is 0 Å². The lowest BCUT2D eigenvalue weighted by Crippen LogP contribution is -2.25. The molecule has 1 aromatic heterocycles. The molecule has 26 heavy (non-hydrogen) atoms. The number of carbonyl (C=O) groups excluding carboxylic acids is 1. The molecule has 1 N–H and O–H groups in total. The molecule has 2 aromatic carbocycles. The minimum atomic E-state index is -0.285. The van der Waals surface area contributed by atoms with Gasteiger partial charge in [0.15, 0.2) is 0 Å². The first-order valence-electron chi connectivity index (χ1n) is 8.34. The Morgan fingerprint density at radius 3 is 2.50 bits per heavy atom. The highest BCUT2D eigenvalue weighted by Gasteiger charge is 2.13. The van der Waals surface area contributed by atoms with Gasteiger partial charge in [-0.1, -0.05) is 41.9 Å². The highest BCUT2D eigenvalue weighted by molar-refractivity contribution is 6.30. The third-order valence-electron chi connectivity index (χ3n) is 3.86. The average molecular weight is 367 g/mol. The lowest BCUT2D eigenvalue weighted by atomic mass is 10.2. The van der Waals surface area contributed by atoms with Gasteiger partial charge in [-0.2, -0.15) is 0 Å². The summed E-state index contributed by atoms with van der Waals surface area (Å²) in [7, 11) is 0. The van der Waals surface area contributed by atoms with Crippen LogP contribution in [-0.2, 0) is 6.54 Å². The van der Waals surface area contributed by atoms with Crippen molar-refractivity contribution in [3.05, 3.63) is 83.1 Å². The van der Waals surface area contributed by atoms with E-state index in [0.717, 1.165) is 12.1 Å². The smallest absolute Gasteiger partial charge is 0.274 e. The molecule has 0 radical (unpaired) electrons. The number of nitrogens with zero attached hydrogens (tertiary/aromatic N) is 3. The van der Waals surface area contributed by atoms with E-state index in [1.54, 1.807) is 36.5 Å². The normalized spacial score (nSPS) is 10.4. The maximum absolute atomic E-state index is 12.5. The third-order valence-corrected chi connectivity index (χ3v) is 4.11. The van der Waals surface area contributed by atoms with Crippen LogP contribution < -0.4 is 10.2 Å². The molecule has 1 amide bonds. The molecule has 0 unspecified atom stereocenters. The Bertz CT molecular complexity index is 868. The number of halogens is 1. The van der Waals surface area contributed by atoms with Crippen LogP contribution in [0, 0.1) is 0 Å². The number of rotatable bonds is 6. The number of anilines is 2. The Morgan fingerprint density at radius 1 is 1.08 bits per heavy atom. The van der Waals surface area contributed by atoms with Gasteiger partial charge < -0.3 is 10.2 Å². The standard InChI is InChI=1S/C20H19ClN4O/c1-2-25(14-15-6-4-3-5-7-15)20-22-13-12-18(24-20)19(26)23-17-10-8-16(21)9-11-17/h3-13H,2,14H2,1H3,(H,23,26). The van der Waals surface area contributed by atoms with Crippen LogP contribution in [0.2, 0.25) is 5.02 Å². The van der Waals surface area contributed by atoms with Crippen molar-refractivity contribution < 1.29 is 4.79 Å². The van der Waals surface area contributed by atoms with Gasteiger partial charge in [-0.05, 0) is 42.8 Å². The van der Waals surface area contributed by atoms with Gasteiger partial charge in [0.25, 0.3) is 5.91 Å². The molecule has 0 fully saturated rings. The largest absolute Gasteiger partial charge is 0.337 e. The van der Waals surface area contributed by atoms with Crippen molar-refractivity contribution in [1.82, 2.24) is 9.97 Å². The molecular weight excluding hydrogens is 348 g/mol. The summed E-state index contributed by atoms with van der Waals surface area (Å²) in [6.07, 6.45) is 1.60. The van der Waals surface area contributed by atoms with Gasteiger partial charge in [0.05, 0.1) is 0 Å². The van der Waals surface area contributed by atoms with Crippen LogP contribution in [0.15, 0.2) is 66.9 Å². The quantitative estimate of drug-likeness (QED) is 0.702. The topological polar surface area (TPSA) is 58.1 Å². The maximum atomic E-state index is 12.5. The van der Waals surface area contributed by atoms with E-state index in [1.165, 1.54) is 0 Å². The lowest BCUT2D eigenvalue weighted by molar-refractivity contribution is 0.102. The summed E-state index contributed by atoms with van der Waals surface area (Å²) >= 11 is 5.86. The number of benzene rings is 2. The fourth-order valence-electron chi connectivity index (χ4n) is 2.48. The van der Waals surface area contributed by atoms with E-state index >= 15 is 0 Å². The number of hydrogen-bond acceptors (Lipinski definition) is 4. The average Bonchev–Trinajstić information content (AvgIpc) is 2.69. The zero-order valence-electron chi connectivity index (χ0n) is 14.4. The van der Waals surface area contributed by atoms with Crippen molar-refractivity contribution in [3.63, 3.8) is 0 Å². The zero-order chi connectivity index (χ0) is 18.4. The number of amides is 1. The monoisotopic (exact) mass is 366 g/mol. The molecule has 0 aliphatic rings. The molecule has 3 aromatic rings. The van der Waals surface area contributed by atoms with Crippen molar-refractivity contribution in [1.29, 1.82) is 0 Å². The van der Waals surface area contributed by atoms with Crippen LogP contribution in [0.4, 0.5) is 11.6 Å². The third kappa shape index (κ3) is 4.58. The van der Waals surface area contributed by atoms with Gasteiger partial charge in [0, 0.05) is 30.0 Å². The van der Waals surface area contributed by atoms with Crippen molar-refractivity contribution in [2.24, 2.45) is 0 Å². The van der Waals surface area contributed by atoms with E-state index in [1.807, 2.05) is 30.0 Å². The molecule has 0 saturated heterocycles. The van der Waals surface area contributed by atoms with Crippen molar-refractivity contribution in [2.75, 3.05) is 16.8 Å². The summed E-state index contributed by atoms with van der Waals surface area (Å²) in [6.45, 7) is 3.45. The first-order valence-corrected chi connectivity index (χ1v) is 8.72. The second-order valence-electron chi connectivity index (χ2n) is 5.70. The second-order valence-corrected chi connectivity index (χ2v) is 6.14. The molecule has 0 bridgehead atoms. The fourth-order valence-corrected chi connectivity index (χ4v) is 2.61. The number of hydrogen-bond donors (Lipinski definition) is 1. The van der Waals surface area contributed by atoms with Gasteiger partial charge in [0.2, 0.25) is 5.95 Å². The molecule has 0 aliphatic carbocycles. The molecule has 0 saturated carbocycles. The summed E-state index contributed by atoms with van der Waals surface area (Å²) in [4.78, 5) is 23.2. The Hall–Kier alpha value is -2.92. The van der Waals surface area contributed by atoms with Crippen LogP contribution >= 0.6 is 11.6 Å². The van der Waals surface area contributed by atoms with E-state index in [2.05, 4.69) is 27.4 Å². The SMILES string of the molecule is CCN(Cc1ccccc1)c1nccc(C(=O)Nc2ccc(Cl)cc2)n1. The summed E-state index contributed by atoms with van der Waals surface area (Å²) < 4.78 is 0. The van der Waals surface area contributed by atoms with Crippen molar-refractivity contribution >= 4 is 29.1 Å². The van der Waals surface area contributed by atoms with Crippen LogP contribution in [0.1, 0.15) is 23.0 Å². The lowest BCUT2D eigenvalue weighted by Gasteiger charge is -2.21. The molecule has 0 atom stereocenters. The molecule has 6 heteroatoms. The van der Waals surface area contributed by atoms with Gasteiger partial charge in [-0.15, -0.1) is 0 Å². The minimum Gasteiger partial charge on any atom is -0.337 e. The highest BCUT2D eigenvalue weighted by Crippen LogP contribution is 2.16. The molecule has 1 heterocycles. The Kier molecular flexibility index (Phi) is 5.81. The molecule has 132 valence electrons. The summed E-state index contributed by atoms with van der Waals surface area (Å²) in [5.41, 5.74) is 2.14. The minimum absolute atomic E-state index is 0.285. The van der Waals surface area contributed by atoms with Gasteiger partial charge in [-0.25, -0.2) is 9.97 Å². The van der Waals surface area contributed by atoms with E-state index in [9.17, 15) is 4.79 Å². The Balaban J connectivity index is 1.75. The van der Waals surface area contributed by atoms with Crippen LogP contribution in [0.3, 0.4) is 0 Å².